The maximum Gasteiger partial charge on any atom is 0.199 e. The van der Waals surface area contributed by atoms with E-state index in [4.69, 9.17) is 5.73 Å². The molecule has 0 aromatic heterocycles. The van der Waals surface area contributed by atoms with Gasteiger partial charge in [0, 0.05) is 0 Å². The monoisotopic (exact) mass is 162 g/mol. The highest BCUT2D eigenvalue weighted by Crippen LogP contribution is 1.87. The Kier molecular flexibility index (Phi) is 5.67. The molecule has 0 bridgehead atoms. The van der Waals surface area contributed by atoms with Crippen LogP contribution in [0.2, 0.25) is 0 Å². The summed E-state index contributed by atoms with van der Waals surface area (Å²) in [6.45, 7) is 1.94. The van der Waals surface area contributed by atoms with E-state index in [1.807, 2.05) is 11.9 Å². The summed E-state index contributed by atoms with van der Waals surface area (Å²) in [5.74, 6) is 0. The molecule has 0 unspecified atom stereocenters. The summed E-state index contributed by atoms with van der Waals surface area (Å²) in [5, 5.41) is -0.0977. The van der Waals surface area contributed by atoms with Crippen molar-refractivity contribution in [1.29, 1.82) is 0 Å². The van der Waals surface area contributed by atoms with Crippen LogP contribution in [0.1, 0.15) is 6.42 Å². The Bertz CT molecular complexity index is 108. The van der Waals surface area contributed by atoms with Crippen LogP contribution in [0.5, 0.6) is 0 Å². The Morgan fingerprint density at radius 1 is 1.70 bits per heavy atom. The second kappa shape index (κ2) is 5.70. The van der Waals surface area contributed by atoms with Crippen LogP contribution >= 0.6 is 12.6 Å². The van der Waals surface area contributed by atoms with Crippen LogP contribution in [0.4, 0.5) is 0 Å². The first kappa shape index (κ1) is 9.94. The van der Waals surface area contributed by atoms with Crippen molar-refractivity contribution >= 4 is 17.7 Å². The average molecular weight is 162 g/mol. The van der Waals surface area contributed by atoms with Gasteiger partial charge in [-0.2, -0.15) is 0 Å². The quantitative estimate of drug-likeness (QED) is 0.547. The van der Waals surface area contributed by atoms with E-state index < -0.39 is 0 Å². The predicted octanol–water partition coefficient (Wildman–Crippen LogP) is -0.277. The Labute approximate surface area is 67.0 Å². The Morgan fingerprint density at radius 3 is 2.70 bits per heavy atom. The minimum absolute atomic E-state index is 0.0977. The average Bonchev–Trinajstić information content (AvgIpc) is 1.82. The van der Waals surface area contributed by atoms with Gasteiger partial charge in [0.05, 0.1) is 6.54 Å². The fraction of sp³-hybridized carbons (Fsp3) is 0.833. The van der Waals surface area contributed by atoms with Crippen molar-refractivity contribution in [2.75, 3.05) is 26.7 Å². The van der Waals surface area contributed by atoms with Crippen molar-refractivity contribution < 1.29 is 4.79 Å². The number of rotatable bonds is 5. The first-order valence-corrected chi connectivity index (χ1v) is 3.72. The fourth-order valence-corrected chi connectivity index (χ4v) is 0.913. The second-order valence-electron chi connectivity index (χ2n) is 2.27. The van der Waals surface area contributed by atoms with E-state index in [0.29, 0.717) is 13.1 Å². The molecule has 60 valence electrons. The lowest BCUT2D eigenvalue weighted by molar-refractivity contribution is -0.111. The lowest BCUT2D eigenvalue weighted by atomic mass is 10.4. The molecule has 0 fully saturated rings. The SMILES string of the molecule is CN(CCCN)CC(=O)S. The van der Waals surface area contributed by atoms with Gasteiger partial charge in [-0.25, -0.2) is 0 Å². The highest BCUT2D eigenvalue weighted by Gasteiger charge is 1.99. The molecule has 10 heavy (non-hydrogen) atoms. The van der Waals surface area contributed by atoms with Crippen LogP contribution in [0.15, 0.2) is 0 Å². The second-order valence-corrected chi connectivity index (χ2v) is 2.77. The molecule has 0 aliphatic heterocycles. The van der Waals surface area contributed by atoms with E-state index >= 15 is 0 Å². The van der Waals surface area contributed by atoms with Gasteiger partial charge in [0.1, 0.15) is 0 Å². The van der Waals surface area contributed by atoms with E-state index in [1.165, 1.54) is 0 Å². The van der Waals surface area contributed by atoms with Crippen LogP contribution in [0.3, 0.4) is 0 Å². The molecule has 0 aromatic rings. The van der Waals surface area contributed by atoms with Gasteiger partial charge in [-0.05, 0) is 26.6 Å². The van der Waals surface area contributed by atoms with Gasteiger partial charge in [0.25, 0.3) is 0 Å². The van der Waals surface area contributed by atoms with E-state index in [0.717, 1.165) is 13.0 Å². The van der Waals surface area contributed by atoms with Gasteiger partial charge in [-0.3, -0.25) is 9.69 Å². The lowest BCUT2D eigenvalue weighted by Crippen LogP contribution is -2.25. The molecule has 0 saturated carbocycles. The molecule has 0 aliphatic carbocycles. The summed E-state index contributed by atoms with van der Waals surface area (Å²) in [5.41, 5.74) is 5.28. The molecule has 0 radical (unpaired) electrons. The third kappa shape index (κ3) is 6.07. The molecule has 2 N–H and O–H groups in total. The van der Waals surface area contributed by atoms with Gasteiger partial charge in [-0.1, -0.05) is 0 Å². The van der Waals surface area contributed by atoms with Gasteiger partial charge in [0.2, 0.25) is 0 Å². The minimum Gasteiger partial charge on any atom is -0.330 e. The third-order valence-corrected chi connectivity index (χ3v) is 1.29. The molecule has 0 aliphatic rings. The smallest absolute Gasteiger partial charge is 0.199 e. The number of carbonyl (C=O) groups is 1. The molecule has 0 saturated heterocycles. The highest BCUT2D eigenvalue weighted by molar-refractivity contribution is 7.96. The molecule has 3 nitrogen and oxygen atoms in total. The van der Waals surface area contributed by atoms with Crippen LogP contribution in [0, 0.1) is 0 Å². The van der Waals surface area contributed by atoms with E-state index in [9.17, 15) is 4.79 Å². The molecule has 0 heterocycles. The summed E-state index contributed by atoms with van der Waals surface area (Å²) < 4.78 is 0. The summed E-state index contributed by atoms with van der Waals surface area (Å²) in [6.07, 6.45) is 0.928. The van der Waals surface area contributed by atoms with E-state index in [1.54, 1.807) is 0 Å². The molecule has 4 heteroatoms. The third-order valence-electron chi connectivity index (χ3n) is 1.15. The fourth-order valence-electron chi connectivity index (χ4n) is 0.671. The van der Waals surface area contributed by atoms with Gasteiger partial charge in [0.15, 0.2) is 5.12 Å². The number of nitrogens with two attached hydrogens (primary N) is 1. The molecule has 0 amide bonds. The molecular formula is C6H14N2OS. The van der Waals surface area contributed by atoms with Crippen LogP contribution in [-0.4, -0.2) is 36.7 Å². The number of hydrogen-bond donors (Lipinski definition) is 2. The summed E-state index contributed by atoms with van der Waals surface area (Å²) in [7, 11) is 1.88. The first-order chi connectivity index (χ1) is 4.66. The van der Waals surface area contributed by atoms with Gasteiger partial charge >= 0.3 is 0 Å². The normalized spacial score (nSPS) is 10.4. The highest BCUT2D eigenvalue weighted by atomic mass is 32.1. The van der Waals surface area contributed by atoms with Gasteiger partial charge in [-0.15, -0.1) is 12.6 Å². The van der Waals surface area contributed by atoms with Crippen LogP contribution in [0.25, 0.3) is 0 Å². The first-order valence-electron chi connectivity index (χ1n) is 3.27. The largest absolute Gasteiger partial charge is 0.330 e. The lowest BCUT2D eigenvalue weighted by Gasteiger charge is -2.12. The zero-order valence-electron chi connectivity index (χ0n) is 6.21. The molecular weight excluding hydrogens is 148 g/mol. The number of likely N-dealkylation sites (N-methyl/N-ethyl adjacent to an activating group) is 1. The molecule has 0 spiro atoms. The van der Waals surface area contributed by atoms with Crippen LogP contribution < -0.4 is 5.73 Å². The molecule has 0 aromatic carbocycles. The number of carbonyl (C=O) groups excluding carboxylic acids is 1. The molecule has 0 rings (SSSR count). The summed E-state index contributed by atoms with van der Waals surface area (Å²) in [6, 6.07) is 0. The number of hydrogen-bond acceptors (Lipinski definition) is 3. The van der Waals surface area contributed by atoms with Crippen molar-refractivity contribution in [3.8, 4) is 0 Å². The van der Waals surface area contributed by atoms with Crippen LogP contribution in [-0.2, 0) is 4.79 Å². The maximum absolute atomic E-state index is 10.4. The zero-order valence-corrected chi connectivity index (χ0v) is 7.10. The Morgan fingerprint density at radius 2 is 2.30 bits per heavy atom. The van der Waals surface area contributed by atoms with Crippen molar-refractivity contribution in [3.63, 3.8) is 0 Å². The van der Waals surface area contributed by atoms with Crippen molar-refractivity contribution in [3.05, 3.63) is 0 Å². The zero-order chi connectivity index (χ0) is 7.98. The number of nitrogens with zero attached hydrogens (tertiary/aromatic N) is 1. The topological polar surface area (TPSA) is 46.3 Å². The van der Waals surface area contributed by atoms with E-state index in [-0.39, 0.29) is 5.12 Å². The summed E-state index contributed by atoms with van der Waals surface area (Å²) in [4.78, 5) is 12.3. The van der Waals surface area contributed by atoms with Crippen molar-refractivity contribution in [2.24, 2.45) is 5.73 Å². The number of thiol groups is 1. The molecule has 0 atom stereocenters. The van der Waals surface area contributed by atoms with Crippen molar-refractivity contribution in [2.45, 2.75) is 6.42 Å². The van der Waals surface area contributed by atoms with Crippen molar-refractivity contribution in [1.82, 2.24) is 4.90 Å². The predicted molar refractivity (Wildman–Crippen MR) is 45.2 cm³/mol. The minimum atomic E-state index is -0.0977. The Balaban J connectivity index is 3.25. The maximum atomic E-state index is 10.4. The van der Waals surface area contributed by atoms with Gasteiger partial charge < -0.3 is 5.73 Å². The summed E-state index contributed by atoms with van der Waals surface area (Å²) >= 11 is 3.65. The Hall–Kier alpha value is -0.0600. The standard InChI is InChI=1S/C6H14N2OS/c1-8(4-2-3-7)5-6(9)10/h2-5,7H2,1H3,(H,9,10). The van der Waals surface area contributed by atoms with E-state index in [2.05, 4.69) is 12.6 Å².